The van der Waals surface area contributed by atoms with Crippen LogP contribution in [0.1, 0.15) is 21.8 Å². The first-order chi connectivity index (χ1) is 10.9. The van der Waals surface area contributed by atoms with E-state index < -0.39 is 11.1 Å². The van der Waals surface area contributed by atoms with E-state index >= 15 is 0 Å². The third-order valence-corrected chi connectivity index (χ3v) is 3.39. The van der Waals surface area contributed by atoms with Gasteiger partial charge >= 0.3 is 11.1 Å². The molecule has 2 aromatic heterocycles. The maximum absolute atomic E-state index is 12.5. The Labute approximate surface area is 129 Å². The molecule has 8 nitrogen and oxygen atoms in total. The van der Waals surface area contributed by atoms with Crippen LogP contribution >= 0.6 is 0 Å². The SMILES string of the molecule is Cc1cc(CN(C)C(=O)c2ccc3[nH]c(=O)c(=O)[nH]c3c2)no1. The molecular formula is C15H14N4O4. The van der Waals surface area contributed by atoms with Gasteiger partial charge in [0.25, 0.3) is 5.91 Å². The van der Waals surface area contributed by atoms with Gasteiger partial charge in [-0.25, -0.2) is 0 Å². The van der Waals surface area contributed by atoms with Crippen LogP contribution < -0.4 is 11.1 Å². The van der Waals surface area contributed by atoms with Crippen LogP contribution in [0.15, 0.2) is 38.4 Å². The van der Waals surface area contributed by atoms with Crippen molar-refractivity contribution in [3.63, 3.8) is 0 Å². The zero-order chi connectivity index (χ0) is 16.6. The predicted octanol–water partition coefficient (Wildman–Crippen LogP) is 0.785. The van der Waals surface area contributed by atoms with Crippen molar-refractivity contribution in [1.29, 1.82) is 0 Å². The molecule has 2 N–H and O–H groups in total. The first-order valence-electron chi connectivity index (χ1n) is 6.88. The molecule has 0 bridgehead atoms. The molecule has 23 heavy (non-hydrogen) atoms. The number of aromatic amines is 2. The second-order valence-electron chi connectivity index (χ2n) is 5.26. The molecule has 3 aromatic rings. The molecule has 2 heterocycles. The van der Waals surface area contributed by atoms with Crippen LogP contribution in [0, 0.1) is 6.92 Å². The summed E-state index contributed by atoms with van der Waals surface area (Å²) in [4.78, 5) is 41.5. The molecule has 0 aliphatic carbocycles. The molecule has 1 aromatic carbocycles. The summed E-state index contributed by atoms with van der Waals surface area (Å²) in [5.74, 6) is 0.438. The van der Waals surface area contributed by atoms with Gasteiger partial charge < -0.3 is 19.4 Å². The largest absolute Gasteiger partial charge is 0.361 e. The van der Waals surface area contributed by atoms with E-state index in [1.165, 1.54) is 11.0 Å². The van der Waals surface area contributed by atoms with Gasteiger partial charge in [0.05, 0.1) is 17.6 Å². The second-order valence-corrected chi connectivity index (χ2v) is 5.26. The van der Waals surface area contributed by atoms with Crippen LogP contribution in [-0.2, 0) is 6.54 Å². The number of benzene rings is 1. The first kappa shape index (κ1) is 14.8. The molecule has 118 valence electrons. The van der Waals surface area contributed by atoms with Gasteiger partial charge in [0.15, 0.2) is 0 Å². The molecule has 0 atom stereocenters. The van der Waals surface area contributed by atoms with Gasteiger partial charge in [0.1, 0.15) is 11.5 Å². The number of amides is 1. The number of aromatic nitrogens is 3. The summed E-state index contributed by atoms with van der Waals surface area (Å²) in [5, 5.41) is 3.85. The van der Waals surface area contributed by atoms with Gasteiger partial charge in [0.2, 0.25) is 0 Å². The van der Waals surface area contributed by atoms with Crippen molar-refractivity contribution in [2.45, 2.75) is 13.5 Å². The Balaban J connectivity index is 1.89. The Morgan fingerprint density at radius 3 is 2.52 bits per heavy atom. The van der Waals surface area contributed by atoms with E-state index in [9.17, 15) is 14.4 Å². The molecule has 0 spiro atoms. The highest BCUT2D eigenvalue weighted by atomic mass is 16.5. The lowest BCUT2D eigenvalue weighted by atomic mass is 10.1. The van der Waals surface area contributed by atoms with Gasteiger partial charge in [0, 0.05) is 18.7 Å². The van der Waals surface area contributed by atoms with Crippen molar-refractivity contribution in [2.24, 2.45) is 0 Å². The van der Waals surface area contributed by atoms with Crippen LogP contribution in [0.4, 0.5) is 0 Å². The Morgan fingerprint density at radius 1 is 1.17 bits per heavy atom. The minimum Gasteiger partial charge on any atom is -0.361 e. The summed E-state index contributed by atoms with van der Waals surface area (Å²) in [6, 6.07) is 6.45. The standard InChI is InChI=1S/C15H14N4O4/c1-8-5-10(18-23-8)7-19(2)15(22)9-3-4-11-12(6-9)17-14(21)13(20)16-11/h3-6H,7H2,1-2H3,(H,16,20)(H,17,21). The van der Waals surface area contributed by atoms with Crippen molar-refractivity contribution < 1.29 is 9.32 Å². The van der Waals surface area contributed by atoms with Crippen molar-refractivity contribution in [3.8, 4) is 0 Å². The molecule has 0 aliphatic rings. The van der Waals surface area contributed by atoms with Crippen molar-refractivity contribution >= 4 is 16.9 Å². The average Bonchev–Trinajstić information content (AvgIpc) is 2.92. The number of carbonyl (C=O) groups excluding carboxylic acids is 1. The van der Waals surface area contributed by atoms with E-state index in [4.69, 9.17) is 4.52 Å². The minimum absolute atomic E-state index is 0.236. The summed E-state index contributed by atoms with van der Waals surface area (Å²) in [7, 11) is 1.64. The zero-order valence-electron chi connectivity index (χ0n) is 12.5. The minimum atomic E-state index is -0.756. The number of H-pyrrole nitrogens is 2. The lowest BCUT2D eigenvalue weighted by Gasteiger charge is -2.15. The summed E-state index contributed by atoms with van der Waals surface area (Å²) < 4.78 is 4.97. The molecule has 0 fully saturated rings. The molecule has 3 rings (SSSR count). The molecule has 0 radical (unpaired) electrons. The van der Waals surface area contributed by atoms with E-state index in [0.29, 0.717) is 34.6 Å². The highest BCUT2D eigenvalue weighted by Gasteiger charge is 2.14. The molecule has 0 aliphatic heterocycles. The summed E-state index contributed by atoms with van der Waals surface area (Å²) in [5.41, 5.74) is 0.412. The number of aryl methyl sites for hydroxylation is 1. The van der Waals surface area contributed by atoms with E-state index in [0.717, 1.165) is 0 Å². The smallest absolute Gasteiger partial charge is 0.314 e. The lowest BCUT2D eigenvalue weighted by Crippen LogP contribution is -2.29. The van der Waals surface area contributed by atoms with E-state index in [1.54, 1.807) is 32.2 Å². The normalized spacial score (nSPS) is 10.9. The van der Waals surface area contributed by atoms with E-state index in [1.807, 2.05) is 0 Å². The number of carbonyl (C=O) groups is 1. The molecule has 0 saturated heterocycles. The Kier molecular flexibility index (Phi) is 3.57. The van der Waals surface area contributed by atoms with Gasteiger partial charge in [-0.3, -0.25) is 14.4 Å². The quantitative estimate of drug-likeness (QED) is 0.694. The number of nitrogens with one attached hydrogen (secondary N) is 2. The van der Waals surface area contributed by atoms with Crippen LogP contribution in [0.3, 0.4) is 0 Å². The predicted molar refractivity (Wildman–Crippen MR) is 82.2 cm³/mol. The maximum atomic E-state index is 12.5. The second kappa shape index (κ2) is 5.56. The van der Waals surface area contributed by atoms with Gasteiger partial charge in [-0.15, -0.1) is 0 Å². The van der Waals surface area contributed by atoms with Crippen molar-refractivity contribution in [1.82, 2.24) is 20.0 Å². The van der Waals surface area contributed by atoms with E-state index in [-0.39, 0.29) is 5.91 Å². The first-order valence-corrected chi connectivity index (χ1v) is 6.88. The molecule has 1 amide bonds. The van der Waals surface area contributed by atoms with Gasteiger partial charge in [-0.05, 0) is 25.1 Å². The Hall–Kier alpha value is -3.16. The van der Waals surface area contributed by atoms with Crippen LogP contribution in [0.25, 0.3) is 11.0 Å². The van der Waals surface area contributed by atoms with Gasteiger partial charge in [-0.1, -0.05) is 5.16 Å². The Morgan fingerprint density at radius 2 is 1.87 bits per heavy atom. The highest BCUT2D eigenvalue weighted by molar-refractivity contribution is 5.97. The zero-order valence-corrected chi connectivity index (χ0v) is 12.5. The molecule has 0 unspecified atom stereocenters. The number of nitrogens with zero attached hydrogens (tertiary/aromatic N) is 2. The number of rotatable bonds is 3. The van der Waals surface area contributed by atoms with Crippen LogP contribution in [-0.4, -0.2) is 33.0 Å². The van der Waals surface area contributed by atoms with Gasteiger partial charge in [-0.2, -0.15) is 0 Å². The van der Waals surface area contributed by atoms with Crippen molar-refractivity contribution in [2.75, 3.05) is 7.05 Å². The summed E-state index contributed by atoms with van der Waals surface area (Å²) >= 11 is 0. The highest BCUT2D eigenvalue weighted by Crippen LogP contribution is 2.13. The average molecular weight is 314 g/mol. The fourth-order valence-corrected chi connectivity index (χ4v) is 2.28. The number of hydrogen-bond acceptors (Lipinski definition) is 5. The number of hydrogen-bond donors (Lipinski definition) is 2. The summed E-state index contributed by atoms with van der Waals surface area (Å²) in [6.07, 6.45) is 0. The monoisotopic (exact) mass is 314 g/mol. The topological polar surface area (TPSA) is 112 Å². The lowest BCUT2D eigenvalue weighted by molar-refractivity contribution is 0.0782. The number of fused-ring (bicyclic) bond motifs is 1. The molecule has 0 saturated carbocycles. The maximum Gasteiger partial charge on any atom is 0.314 e. The van der Waals surface area contributed by atoms with Crippen LogP contribution in [0.2, 0.25) is 0 Å². The van der Waals surface area contributed by atoms with E-state index in [2.05, 4.69) is 15.1 Å². The third-order valence-electron chi connectivity index (χ3n) is 3.39. The third kappa shape index (κ3) is 2.91. The fourth-order valence-electron chi connectivity index (χ4n) is 2.28. The fraction of sp³-hybridized carbons (Fsp3) is 0.200. The molecular weight excluding hydrogens is 300 g/mol. The Bertz CT molecular complexity index is 998. The van der Waals surface area contributed by atoms with Crippen molar-refractivity contribution in [3.05, 3.63) is 62.0 Å². The summed E-state index contributed by atoms with van der Waals surface area (Å²) in [6.45, 7) is 2.08. The van der Waals surface area contributed by atoms with Crippen LogP contribution in [0.5, 0.6) is 0 Å². The molecule has 8 heteroatoms.